The molecule has 1 amide bonds. The van der Waals surface area contributed by atoms with Crippen LogP contribution in [0, 0.1) is 5.41 Å². The van der Waals surface area contributed by atoms with Crippen molar-refractivity contribution in [3.8, 4) is 0 Å². The molecule has 0 aliphatic heterocycles. The quantitative estimate of drug-likeness (QED) is 0.533. The third-order valence-electron chi connectivity index (χ3n) is 3.84. The molecular formula is C16H27N3O2. The zero-order valence-corrected chi connectivity index (χ0v) is 13.4. The lowest BCUT2D eigenvalue weighted by molar-refractivity contribution is -0.126. The van der Waals surface area contributed by atoms with E-state index in [2.05, 4.69) is 5.32 Å². The van der Waals surface area contributed by atoms with E-state index in [4.69, 9.17) is 10.8 Å². The van der Waals surface area contributed by atoms with Crippen molar-refractivity contribution in [2.75, 3.05) is 36.1 Å². The number of nitrogen functional groups attached to an aromatic ring is 1. The number of rotatable bonds is 7. The molecular weight excluding hydrogens is 266 g/mol. The van der Waals surface area contributed by atoms with E-state index in [0.29, 0.717) is 18.7 Å². The average molecular weight is 293 g/mol. The normalized spacial score (nSPS) is 11.3. The maximum Gasteiger partial charge on any atom is 0.232 e. The summed E-state index contributed by atoms with van der Waals surface area (Å²) in [5, 5.41) is 11.9. The van der Waals surface area contributed by atoms with Gasteiger partial charge in [0.1, 0.15) is 0 Å². The van der Waals surface area contributed by atoms with Gasteiger partial charge in [0.25, 0.3) is 0 Å². The van der Waals surface area contributed by atoms with Crippen LogP contribution in [0.5, 0.6) is 0 Å². The van der Waals surface area contributed by atoms with Crippen molar-refractivity contribution in [2.45, 2.75) is 33.6 Å². The van der Waals surface area contributed by atoms with Gasteiger partial charge in [-0.1, -0.05) is 20.8 Å². The predicted molar refractivity (Wildman–Crippen MR) is 88.5 cm³/mol. The fourth-order valence-corrected chi connectivity index (χ4v) is 1.94. The average Bonchev–Trinajstić information content (AvgIpc) is 2.47. The number of benzene rings is 1. The van der Waals surface area contributed by atoms with Gasteiger partial charge in [0, 0.05) is 31.3 Å². The summed E-state index contributed by atoms with van der Waals surface area (Å²) in [7, 11) is 1.77. The Balaban J connectivity index is 2.85. The number of aliphatic hydroxyl groups is 1. The van der Waals surface area contributed by atoms with Crippen LogP contribution in [0.1, 0.15) is 33.6 Å². The van der Waals surface area contributed by atoms with E-state index in [1.165, 1.54) is 0 Å². The third kappa shape index (κ3) is 4.36. The molecule has 118 valence electrons. The van der Waals surface area contributed by atoms with Crippen LogP contribution in [0.4, 0.5) is 17.1 Å². The second-order valence-electron chi connectivity index (χ2n) is 5.88. The monoisotopic (exact) mass is 293 g/mol. The lowest BCUT2D eigenvalue weighted by Gasteiger charge is -2.28. The first kappa shape index (κ1) is 17.3. The van der Waals surface area contributed by atoms with Gasteiger partial charge in [-0.2, -0.15) is 0 Å². The molecule has 1 rings (SSSR count). The Hall–Kier alpha value is -1.75. The minimum Gasteiger partial charge on any atom is -0.397 e. The van der Waals surface area contributed by atoms with Gasteiger partial charge in [0.2, 0.25) is 5.91 Å². The van der Waals surface area contributed by atoms with Gasteiger partial charge in [-0.25, -0.2) is 0 Å². The molecule has 0 saturated carbocycles. The Bertz CT molecular complexity index is 486. The van der Waals surface area contributed by atoms with E-state index in [1.54, 1.807) is 18.0 Å². The molecule has 0 atom stereocenters. The number of carbonyl (C=O) groups excluding carboxylic acids is 1. The fourth-order valence-electron chi connectivity index (χ4n) is 1.94. The van der Waals surface area contributed by atoms with Gasteiger partial charge < -0.3 is 21.1 Å². The van der Waals surface area contributed by atoms with Crippen LogP contribution in [0.2, 0.25) is 0 Å². The second kappa shape index (κ2) is 7.31. The van der Waals surface area contributed by atoms with Gasteiger partial charge in [-0.3, -0.25) is 4.79 Å². The predicted octanol–water partition coefficient (Wildman–Crippen LogP) is 2.46. The summed E-state index contributed by atoms with van der Waals surface area (Å²) in [6, 6.07) is 5.54. The second-order valence-corrected chi connectivity index (χ2v) is 5.88. The molecule has 0 aliphatic carbocycles. The number of anilines is 3. The summed E-state index contributed by atoms with van der Waals surface area (Å²) in [5.41, 5.74) is 7.84. The maximum atomic E-state index is 12.4. The van der Waals surface area contributed by atoms with Crippen molar-refractivity contribution in [2.24, 2.45) is 5.41 Å². The van der Waals surface area contributed by atoms with Crippen LogP contribution in [0.3, 0.4) is 0 Å². The van der Waals surface area contributed by atoms with Gasteiger partial charge >= 0.3 is 0 Å². The summed E-state index contributed by atoms with van der Waals surface area (Å²) in [6.45, 7) is 6.71. The fraction of sp³-hybridized carbons (Fsp3) is 0.562. The smallest absolute Gasteiger partial charge is 0.232 e. The summed E-state index contributed by atoms with van der Waals surface area (Å²) in [4.78, 5) is 14.1. The zero-order valence-electron chi connectivity index (χ0n) is 13.4. The molecule has 1 aromatic rings. The van der Waals surface area contributed by atoms with Crippen LogP contribution in [0.25, 0.3) is 0 Å². The van der Waals surface area contributed by atoms with E-state index in [0.717, 1.165) is 17.8 Å². The number of nitrogens with zero attached hydrogens (tertiary/aromatic N) is 1. The molecule has 0 aliphatic rings. The summed E-state index contributed by atoms with van der Waals surface area (Å²) >= 11 is 0. The van der Waals surface area contributed by atoms with E-state index in [1.807, 2.05) is 32.9 Å². The van der Waals surface area contributed by atoms with Crippen LogP contribution in [-0.2, 0) is 4.79 Å². The summed E-state index contributed by atoms with van der Waals surface area (Å²) in [5.74, 6) is 0.0744. The topological polar surface area (TPSA) is 78.6 Å². The number of hydrogen-bond donors (Lipinski definition) is 3. The number of nitrogens with two attached hydrogens (primary N) is 1. The Morgan fingerprint density at radius 1 is 1.43 bits per heavy atom. The van der Waals surface area contributed by atoms with E-state index in [-0.39, 0.29) is 17.9 Å². The van der Waals surface area contributed by atoms with E-state index in [9.17, 15) is 4.79 Å². The molecule has 0 bridgehead atoms. The summed E-state index contributed by atoms with van der Waals surface area (Å²) in [6.07, 6.45) is 1.46. The molecule has 5 heteroatoms. The molecule has 1 aromatic carbocycles. The number of carbonyl (C=O) groups is 1. The van der Waals surface area contributed by atoms with Crippen LogP contribution in [-0.4, -0.2) is 31.2 Å². The molecule has 5 nitrogen and oxygen atoms in total. The van der Waals surface area contributed by atoms with Crippen molar-refractivity contribution in [3.05, 3.63) is 18.2 Å². The zero-order chi connectivity index (χ0) is 16.0. The Kier molecular flexibility index (Phi) is 6.03. The van der Waals surface area contributed by atoms with Crippen molar-refractivity contribution in [3.63, 3.8) is 0 Å². The minimum atomic E-state index is -0.387. The molecule has 0 fully saturated rings. The molecule has 4 N–H and O–H groups in total. The van der Waals surface area contributed by atoms with Gasteiger partial charge in [0.05, 0.1) is 11.4 Å². The van der Waals surface area contributed by atoms with Crippen molar-refractivity contribution in [1.29, 1.82) is 0 Å². The maximum absolute atomic E-state index is 12.4. The van der Waals surface area contributed by atoms with E-state index < -0.39 is 0 Å². The highest BCUT2D eigenvalue weighted by molar-refractivity contribution is 5.97. The SMILES string of the molecule is CCC(C)(C)C(=O)N(C)c1ccc(NCCCO)c(N)c1. The van der Waals surface area contributed by atoms with Crippen LogP contribution >= 0.6 is 0 Å². The Morgan fingerprint density at radius 2 is 2.10 bits per heavy atom. The molecule has 0 aromatic heterocycles. The highest BCUT2D eigenvalue weighted by atomic mass is 16.3. The largest absolute Gasteiger partial charge is 0.397 e. The molecule has 21 heavy (non-hydrogen) atoms. The van der Waals surface area contributed by atoms with Crippen molar-refractivity contribution >= 4 is 23.0 Å². The van der Waals surface area contributed by atoms with Crippen LogP contribution < -0.4 is 16.0 Å². The first-order chi connectivity index (χ1) is 9.83. The standard InChI is InChI=1S/C16H27N3O2/c1-5-16(2,3)15(21)19(4)12-7-8-14(13(17)11-12)18-9-6-10-20/h7-8,11,18,20H,5-6,9-10,17H2,1-4H3. The number of aliphatic hydroxyl groups excluding tert-OH is 1. The molecule has 0 radical (unpaired) electrons. The van der Waals surface area contributed by atoms with Crippen molar-refractivity contribution < 1.29 is 9.90 Å². The van der Waals surface area contributed by atoms with Gasteiger partial charge in [-0.05, 0) is 31.0 Å². The lowest BCUT2D eigenvalue weighted by atomic mass is 9.88. The van der Waals surface area contributed by atoms with Gasteiger partial charge in [0.15, 0.2) is 0 Å². The Labute approximate surface area is 127 Å². The van der Waals surface area contributed by atoms with Gasteiger partial charge in [-0.15, -0.1) is 0 Å². The lowest BCUT2D eigenvalue weighted by Crippen LogP contribution is -2.38. The highest BCUT2D eigenvalue weighted by Crippen LogP contribution is 2.29. The van der Waals surface area contributed by atoms with Crippen molar-refractivity contribution in [1.82, 2.24) is 0 Å². The highest BCUT2D eigenvalue weighted by Gasteiger charge is 2.29. The summed E-state index contributed by atoms with van der Waals surface area (Å²) < 4.78 is 0. The molecule has 0 unspecified atom stereocenters. The number of hydrogen-bond acceptors (Lipinski definition) is 4. The molecule has 0 spiro atoms. The first-order valence-corrected chi connectivity index (χ1v) is 7.36. The molecule has 0 heterocycles. The third-order valence-corrected chi connectivity index (χ3v) is 3.84. The minimum absolute atomic E-state index is 0.0744. The Morgan fingerprint density at radius 3 is 2.62 bits per heavy atom. The first-order valence-electron chi connectivity index (χ1n) is 7.36. The van der Waals surface area contributed by atoms with Crippen LogP contribution in [0.15, 0.2) is 18.2 Å². The number of amides is 1. The van der Waals surface area contributed by atoms with E-state index >= 15 is 0 Å². The molecule has 0 saturated heterocycles. The number of nitrogens with one attached hydrogen (secondary N) is 1.